The number of likely N-dealkylation sites (tertiary alicyclic amines) is 1. The standard InChI is InChI=1S/C24H29F3N4O3/c1-23(2,3)34-22(33)31-11-18-17(19(18)12-31)10-30(21(32)20-13-29(4)14-28-20)9-15-6-5-7-16(8-15)24(25,26)27/h5-8,13-14,17-19H,9-12H2,1-4H3. The Morgan fingerprint density at radius 2 is 1.85 bits per heavy atom. The van der Waals surface area contributed by atoms with Gasteiger partial charge in [0.05, 0.1) is 11.9 Å². The Labute approximate surface area is 196 Å². The molecule has 2 unspecified atom stereocenters. The van der Waals surface area contributed by atoms with Crippen molar-refractivity contribution in [1.82, 2.24) is 19.4 Å². The third-order valence-electron chi connectivity index (χ3n) is 6.29. The van der Waals surface area contributed by atoms with E-state index < -0.39 is 17.3 Å². The number of hydrogen-bond donors (Lipinski definition) is 0. The van der Waals surface area contributed by atoms with Crippen molar-refractivity contribution in [2.24, 2.45) is 24.8 Å². The molecule has 34 heavy (non-hydrogen) atoms. The zero-order valence-electron chi connectivity index (χ0n) is 19.7. The van der Waals surface area contributed by atoms with Gasteiger partial charge in [0.2, 0.25) is 0 Å². The number of amides is 2. The highest BCUT2D eigenvalue weighted by Gasteiger charge is 2.57. The van der Waals surface area contributed by atoms with Gasteiger partial charge in [-0.3, -0.25) is 4.79 Å². The van der Waals surface area contributed by atoms with Crippen LogP contribution in [0.5, 0.6) is 0 Å². The maximum absolute atomic E-state index is 13.2. The number of imidazole rings is 1. The fourth-order valence-corrected chi connectivity index (χ4v) is 4.62. The Bertz CT molecular complexity index is 1060. The van der Waals surface area contributed by atoms with Crippen LogP contribution in [-0.2, 0) is 24.5 Å². The van der Waals surface area contributed by atoms with E-state index >= 15 is 0 Å². The Hall–Kier alpha value is -3.04. The third kappa shape index (κ3) is 5.37. The number of rotatable bonds is 5. The molecule has 7 nitrogen and oxygen atoms in total. The van der Waals surface area contributed by atoms with Crippen LogP contribution in [0.2, 0.25) is 0 Å². The van der Waals surface area contributed by atoms with Crippen LogP contribution in [0.25, 0.3) is 0 Å². The zero-order chi connectivity index (χ0) is 24.8. The smallest absolute Gasteiger partial charge is 0.416 e. The van der Waals surface area contributed by atoms with Gasteiger partial charge in [-0.15, -0.1) is 0 Å². The van der Waals surface area contributed by atoms with Crippen LogP contribution in [0.3, 0.4) is 0 Å². The Morgan fingerprint density at radius 1 is 1.18 bits per heavy atom. The van der Waals surface area contributed by atoms with Crippen molar-refractivity contribution in [3.63, 3.8) is 0 Å². The van der Waals surface area contributed by atoms with Crippen LogP contribution < -0.4 is 0 Å². The molecule has 1 aliphatic carbocycles. The molecule has 1 saturated carbocycles. The highest BCUT2D eigenvalue weighted by Crippen LogP contribution is 2.52. The van der Waals surface area contributed by atoms with E-state index in [1.165, 1.54) is 12.4 Å². The number of aryl methyl sites for hydroxylation is 1. The van der Waals surface area contributed by atoms with Gasteiger partial charge in [-0.2, -0.15) is 13.2 Å². The van der Waals surface area contributed by atoms with Gasteiger partial charge in [0.25, 0.3) is 5.91 Å². The van der Waals surface area contributed by atoms with Crippen LogP contribution in [-0.4, -0.2) is 56.6 Å². The monoisotopic (exact) mass is 478 g/mol. The number of nitrogens with zero attached hydrogens (tertiary/aromatic N) is 4. The number of piperidine rings is 1. The highest BCUT2D eigenvalue weighted by atomic mass is 19.4. The lowest BCUT2D eigenvalue weighted by Crippen LogP contribution is -2.39. The summed E-state index contributed by atoms with van der Waals surface area (Å²) in [5, 5.41) is 0. The summed E-state index contributed by atoms with van der Waals surface area (Å²) in [5.74, 6) is 0.338. The predicted molar refractivity (Wildman–Crippen MR) is 118 cm³/mol. The van der Waals surface area contributed by atoms with E-state index in [9.17, 15) is 22.8 Å². The normalized spacial score (nSPS) is 21.9. The molecule has 1 saturated heterocycles. The Kier molecular flexibility index (Phi) is 6.12. The van der Waals surface area contributed by atoms with Gasteiger partial charge in [-0.1, -0.05) is 12.1 Å². The summed E-state index contributed by atoms with van der Waals surface area (Å²) < 4.78 is 46.6. The number of ether oxygens (including phenoxy) is 1. The van der Waals surface area contributed by atoms with E-state index in [0.717, 1.165) is 12.1 Å². The van der Waals surface area contributed by atoms with E-state index in [0.29, 0.717) is 25.2 Å². The minimum absolute atomic E-state index is 0.0467. The van der Waals surface area contributed by atoms with Gasteiger partial charge in [-0.25, -0.2) is 9.78 Å². The molecular formula is C24H29F3N4O3. The number of hydrogen-bond acceptors (Lipinski definition) is 4. The lowest BCUT2D eigenvalue weighted by atomic mass is 10.1. The van der Waals surface area contributed by atoms with E-state index in [1.807, 2.05) is 20.8 Å². The maximum Gasteiger partial charge on any atom is 0.416 e. The minimum Gasteiger partial charge on any atom is -0.444 e. The zero-order valence-corrected chi connectivity index (χ0v) is 19.7. The molecule has 0 radical (unpaired) electrons. The molecule has 2 heterocycles. The van der Waals surface area contributed by atoms with Crippen molar-refractivity contribution in [2.75, 3.05) is 19.6 Å². The Morgan fingerprint density at radius 3 is 2.41 bits per heavy atom. The van der Waals surface area contributed by atoms with Crippen LogP contribution in [0.1, 0.15) is 42.4 Å². The van der Waals surface area contributed by atoms with Gasteiger partial charge >= 0.3 is 12.3 Å². The van der Waals surface area contributed by atoms with Gasteiger partial charge < -0.3 is 19.1 Å². The molecule has 2 aromatic rings. The molecule has 0 bridgehead atoms. The van der Waals surface area contributed by atoms with Crippen LogP contribution in [0, 0.1) is 17.8 Å². The molecule has 2 aliphatic rings. The molecule has 2 amide bonds. The molecule has 0 spiro atoms. The predicted octanol–water partition coefficient (Wildman–Crippen LogP) is 4.19. The summed E-state index contributed by atoms with van der Waals surface area (Å²) in [5.41, 5.74) is -0.664. The lowest BCUT2D eigenvalue weighted by Gasteiger charge is -2.27. The van der Waals surface area contributed by atoms with E-state index in [4.69, 9.17) is 4.74 Å². The molecular weight excluding hydrogens is 449 g/mol. The third-order valence-corrected chi connectivity index (χ3v) is 6.29. The number of benzene rings is 1. The van der Waals surface area contributed by atoms with Crippen molar-refractivity contribution in [3.8, 4) is 0 Å². The van der Waals surface area contributed by atoms with Crippen LogP contribution >= 0.6 is 0 Å². The molecule has 10 heteroatoms. The number of carbonyl (C=O) groups is 2. The van der Waals surface area contributed by atoms with Crippen molar-refractivity contribution < 1.29 is 27.5 Å². The average Bonchev–Trinajstić information content (AvgIpc) is 3.09. The number of halogens is 3. The topological polar surface area (TPSA) is 67.7 Å². The second-order valence-electron chi connectivity index (χ2n) is 10.2. The van der Waals surface area contributed by atoms with Crippen molar-refractivity contribution in [2.45, 2.75) is 39.1 Å². The molecule has 1 aliphatic heterocycles. The summed E-state index contributed by atoms with van der Waals surface area (Å²) in [6, 6.07) is 5.04. The first-order chi connectivity index (χ1) is 15.8. The second kappa shape index (κ2) is 8.63. The summed E-state index contributed by atoms with van der Waals surface area (Å²) in [6.07, 6.45) is -1.69. The number of aromatic nitrogens is 2. The molecule has 1 aromatic heterocycles. The van der Waals surface area contributed by atoms with Gasteiger partial charge in [0, 0.05) is 39.4 Å². The highest BCUT2D eigenvalue weighted by molar-refractivity contribution is 5.92. The number of carbonyl (C=O) groups excluding carboxylic acids is 2. The van der Waals surface area contributed by atoms with Gasteiger partial charge in [-0.05, 0) is 56.2 Å². The average molecular weight is 479 g/mol. The molecule has 184 valence electrons. The maximum atomic E-state index is 13.2. The number of fused-ring (bicyclic) bond motifs is 1. The summed E-state index contributed by atoms with van der Waals surface area (Å²) >= 11 is 0. The molecule has 4 rings (SSSR count). The van der Waals surface area contributed by atoms with Crippen molar-refractivity contribution >= 4 is 12.0 Å². The quantitative estimate of drug-likeness (QED) is 0.646. The number of alkyl halides is 3. The SMILES string of the molecule is Cn1cnc(C(=O)N(Cc2cccc(C(F)(F)F)c2)CC2C3CN(C(=O)OC(C)(C)C)CC32)c1. The molecule has 2 atom stereocenters. The van der Waals surface area contributed by atoms with E-state index in [-0.39, 0.29) is 42.0 Å². The lowest BCUT2D eigenvalue weighted by molar-refractivity contribution is -0.137. The van der Waals surface area contributed by atoms with Crippen molar-refractivity contribution in [3.05, 3.63) is 53.6 Å². The van der Waals surface area contributed by atoms with Crippen LogP contribution in [0.4, 0.5) is 18.0 Å². The molecule has 1 aromatic carbocycles. The first-order valence-corrected chi connectivity index (χ1v) is 11.2. The summed E-state index contributed by atoms with van der Waals surface area (Å²) in [4.78, 5) is 32.9. The first kappa shape index (κ1) is 24.1. The van der Waals surface area contributed by atoms with Crippen LogP contribution in [0.15, 0.2) is 36.8 Å². The second-order valence-corrected chi connectivity index (χ2v) is 10.2. The molecule has 0 N–H and O–H groups in total. The van der Waals surface area contributed by atoms with E-state index in [2.05, 4.69) is 4.98 Å². The fraction of sp³-hybridized carbons (Fsp3) is 0.542. The summed E-state index contributed by atoms with van der Waals surface area (Å²) in [7, 11) is 1.75. The summed E-state index contributed by atoms with van der Waals surface area (Å²) in [6.45, 7) is 7.01. The van der Waals surface area contributed by atoms with Gasteiger partial charge in [0.15, 0.2) is 0 Å². The Balaban J connectivity index is 1.46. The first-order valence-electron chi connectivity index (χ1n) is 11.2. The largest absolute Gasteiger partial charge is 0.444 e. The fourth-order valence-electron chi connectivity index (χ4n) is 4.62. The van der Waals surface area contributed by atoms with E-state index in [1.54, 1.807) is 33.7 Å². The molecule has 2 fully saturated rings. The van der Waals surface area contributed by atoms with Crippen molar-refractivity contribution in [1.29, 1.82) is 0 Å². The van der Waals surface area contributed by atoms with Gasteiger partial charge in [0.1, 0.15) is 11.3 Å². The minimum atomic E-state index is -4.45.